The van der Waals surface area contributed by atoms with Crippen LogP contribution in [0.25, 0.3) is 0 Å². The van der Waals surface area contributed by atoms with Gasteiger partial charge in [-0.1, -0.05) is 6.07 Å². The molecule has 0 aliphatic carbocycles. The summed E-state index contributed by atoms with van der Waals surface area (Å²) in [6.07, 6.45) is 1.63. The van der Waals surface area contributed by atoms with E-state index < -0.39 is 15.1 Å². The van der Waals surface area contributed by atoms with Crippen LogP contribution in [0.4, 0.5) is 23.3 Å². The molecule has 1 aromatic carbocycles. The monoisotopic (exact) mass is 400 g/mol. The van der Waals surface area contributed by atoms with E-state index in [0.717, 1.165) is 17.1 Å². The molecule has 2 N–H and O–H groups in total. The fraction of sp³-hybridized carbons (Fsp3) is 0.316. The van der Waals surface area contributed by atoms with Crippen LogP contribution in [0.5, 0.6) is 0 Å². The molecule has 0 amide bonds. The van der Waals surface area contributed by atoms with Crippen molar-refractivity contribution in [3.63, 3.8) is 0 Å². The first-order valence-electron chi connectivity index (χ1n) is 8.89. The molecule has 0 spiro atoms. The molecule has 2 heterocycles. The van der Waals surface area contributed by atoms with E-state index in [1.807, 2.05) is 20.9 Å². The minimum absolute atomic E-state index is 0.266. The summed E-state index contributed by atoms with van der Waals surface area (Å²) in [6.45, 7) is 7.27. The lowest BCUT2D eigenvalue weighted by atomic mass is 10.3. The highest BCUT2D eigenvalue weighted by Crippen LogP contribution is 2.24. The molecule has 0 saturated carbocycles. The van der Waals surface area contributed by atoms with E-state index in [1.165, 1.54) is 0 Å². The SMILES string of the molecule is Cc1nn(C)c(Nc2ccnc(Nc3cccc(S(=O)(=O)C(C)C)c3)n2)c1C. The van der Waals surface area contributed by atoms with Crippen molar-refractivity contribution in [1.29, 1.82) is 0 Å². The van der Waals surface area contributed by atoms with E-state index in [0.29, 0.717) is 17.5 Å². The molecule has 0 bridgehead atoms. The van der Waals surface area contributed by atoms with E-state index >= 15 is 0 Å². The Morgan fingerprint density at radius 2 is 1.86 bits per heavy atom. The number of nitrogens with one attached hydrogen (secondary N) is 2. The van der Waals surface area contributed by atoms with Gasteiger partial charge >= 0.3 is 0 Å². The highest BCUT2D eigenvalue weighted by atomic mass is 32.2. The fourth-order valence-electron chi connectivity index (χ4n) is 2.70. The summed E-state index contributed by atoms with van der Waals surface area (Å²) in [7, 11) is -1.49. The van der Waals surface area contributed by atoms with Crippen molar-refractivity contribution in [1.82, 2.24) is 19.7 Å². The highest BCUT2D eigenvalue weighted by Gasteiger charge is 2.19. The summed E-state index contributed by atoms with van der Waals surface area (Å²) < 4.78 is 26.5. The first-order chi connectivity index (χ1) is 13.2. The number of aromatic nitrogens is 4. The smallest absolute Gasteiger partial charge is 0.229 e. The molecular weight excluding hydrogens is 376 g/mol. The predicted octanol–water partition coefficient (Wildman–Crippen LogP) is 3.50. The molecule has 0 saturated heterocycles. The van der Waals surface area contributed by atoms with E-state index in [-0.39, 0.29) is 4.90 Å². The van der Waals surface area contributed by atoms with Crippen molar-refractivity contribution in [2.24, 2.45) is 7.05 Å². The lowest BCUT2D eigenvalue weighted by Gasteiger charge is -2.11. The minimum Gasteiger partial charge on any atom is -0.325 e. The van der Waals surface area contributed by atoms with Gasteiger partial charge in [-0.3, -0.25) is 4.68 Å². The number of anilines is 4. The van der Waals surface area contributed by atoms with Crippen molar-refractivity contribution in [3.05, 3.63) is 47.8 Å². The second-order valence-electron chi connectivity index (χ2n) is 6.82. The summed E-state index contributed by atoms with van der Waals surface area (Å²) >= 11 is 0. The Bertz CT molecular complexity index is 1110. The number of hydrogen-bond donors (Lipinski definition) is 2. The standard InChI is InChI=1S/C19H24N6O2S/c1-12(2)28(26,27)16-8-6-7-15(11-16)21-19-20-10-9-17(23-19)22-18-13(3)14(4)24-25(18)5/h6-12H,1-5H3,(H2,20,21,22,23). The van der Waals surface area contributed by atoms with Crippen LogP contribution in [-0.2, 0) is 16.9 Å². The first-order valence-corrected chi connectivity index (χ1v) is 10.4. The fourth-order valence-corrected chi connectivity index (χ4v) is 3.80. The normalized spacial score (nSPS) is 11.6. The first kappa shape index (κ1) is 19.8. The van der Waals surface area contributed by atoms with Crippen LogP contribution < -0.4 is 10.6 Å². The molecule has 0 fully saturated rings. The molecule has 3 rings (SSSR count). The summed E-state index contributed by atoms with van der Waals surface area (Å²) in [6, 6.07) is 8.41. The molecule has 148 valence electrons. The van der Waals surface area contributed by atoms with Crippen LogP contribution in [0.1, 0.15) is 25.1 Å². The van der Waals surface area contributed by atoms with Gasteiger partial charge in [0.15, 0.2) is 9.84 Å². The predicted molar refractivity (Wildman–Crippen MR) is 110 cm³/mol. The van der Waals surface area contributed by atoms with Crippen LogP contribution >= 0.6 is 0 Å². The third-order valence-electron chi connectivity index (χ3n) is 4.46. The maximum atomic E-state index is 12.4. The van der Waals surface area contributed by atoms with Gasteiger partial charge in [0.05, 0.1) is 15.8 Å². The maximum absolute atomic E-state index is 12.4. The number of nitrogens with zero attached hydrogens (tertiary/aromatic N) is 4. The van der Waals surface area contributed by atoms with Crippen molar-refractivity contribution in [3.8, 4) is 0 Å². The zero-order valence-electron chi connectivity index (χ0n) is 16.6. The van der Waals surface area contributed by atoms with Gasteiger partial charge in [-0.05, 0) is 52.0 Å². The molecule has 0 atom stereocenters. The van der Waals surface area contributed by atoms with Gasteiger partial charge in [-0.2, -0.15) is 10.1 Å². The second-order valence-corrected chi connectivity index (χ2v) is 9.32. The van der Waals surface area contributed by atoms with Gasteiger partial charge in [0.1, 0.15) is 11.6 Å². The van der Waals surface area contributed by atoms with Gasteiger partial charge in [0.25, 0.3) is 0 Å². The van der Waals surface area contributed by atoms with Gasteiger partial charge in [-0.25, -0.2) is 13.4 Å². The molecule has 0 aliphatic rings. The summed E-state index contributed by atoms with van der Waals surface area (Å²) in [5.41, 5.74) is 2.59. The van der Waals surface area contributed by atoms with Crippen LogP contribution in [0.15, 0.2) is 41.4 Å². The largest absolute Gasteiger partial charge is 0.325 e. The molecule has 0 aliphatic heterocycles. The van der Waals surface area contributed by atoms with Crippen molar-refractivity contribution in [2.45, 2.75) is 37.8 Å². The molecule has 0 unspecified atom stereocenters. The van der Waals surface area contributed by atoms with Gasteiger partial charge in [-0.15, -0.1) is 0 Å². The summed E-state index contributed by atoms with van der Waals surface area (Å²) in [5.74, 6) is 1.82. The van der Waals surface area contributed by atoms with E-state index in [9.17, 15) is 8.42 Å². The zero-order valence-corrected chi connectivity index (χ0v) is 17.4. The van der Waals surface area contributed by atoms with Crippen LogP contribution in [-0.4, -0.2) is 33.4 Å². The third-order valence-corrected chi connectivity index (χ3v) is 6.62. The van der Waals surface area contributed by atoms with Crippen LogP contribution in [0.2, 0.25) is 0 Å². The molecule has 9 heteroatoms. The molecule has 0 radical (unpaired) electrons. The Morgan fingerprint density at radius 1 is 1.11 bits per heavy atom. The lowest BCUT2D eigenvalue weighted by Crippen LogP contribution is -2.14. The maximum Gasteiger partial charge on any atom is 0.229 e. The van der Waals surface area contributed by atoms with Crippen molar-refractivity contribution >= 4 is 33.1 Å². The Morgan fingerprint density at radius 3 is 2.50 bits per heavy atom. The quantitative estimate of drug-likeness (QED) is 0.653. The third kappa shape index (κ3) is 3.99. The molecule has 2 aromatic heterocycles. The minimum atomic E-state index is -3.35. The lowest BCUT2D eigenvalue weighted by molar-refractivity contribution is 0.587. The number of hydrogen-bond acceptors (Lipinski definition) is 7. The number of benzene rings is 1. The Kier molecular flexibility index (Phi) is 5.37. The van der Waals surface area contributed by atoms with Crippen LogP contribution in [0, 0.1) is 13.8 Å². The van der Waals surface area contributed by atoms with E-state index in [1.54, 1.807) is 55.1 Å². The van der Waals surface area contributed by atoms with E-state index in [4.69, 9.17) is 0 Å². The van der Waals surface area contributed by atoms with Gasteiger partial charge in [0.2, 0.25) is 5.95 Å². The summed E-state index contributed by atoms with van der Waals surface area (Å²) in [4.78, 5) is 8.94. The topological polar surface area (TPSA) is 102 Å². The average molecular weight is 401 g/mol. The van der Waals surface area contributed by atoms with Crippen molar-refractivity contribution < 1.29 is 8.42 Å². The molecule has 8 nitrogen and oxygen atoms in total. The number of aryl methyl sites for hydroxylation is 2. The zero-order chi connectivity index (χ0) is 20.5. The molecule has 28 heavy (non-hydrogen) atoms. The van der Waals surface area contributed by atoms with Crippen molar-refractivity contribution in [2.75, 3.05) is 10.6 Å². The summed E-state index contributed by atoms with van der Waals surface area (Å²) in [5, 5.41) is 10.2. The second kappa shape index (κ2) is 7.59. The molecule has 3 aromatic rings. The number of sulfone groups is 1. The number of rotatable bonds is 6. The highest BCUT2D eigenvalue weighted by molar-refractivity contribution is 7.92. The Labute approximate surface area is 165 Å². The van der Waals surface area contributed by atoms with Crippen LogP contribution in [0.3, 0.4) is 0 Å². The average Bonchev–Trinajstić information content (AvgIpc) is 2.88. The van der Waals surface area contributed by atoms with E-state index in [2.05, 4.69) is 25.7 Å². The van der Waals surface area contributed by atoms with Gasteiger partial charge < -0.3 is 10.6 Å². The Balaban J connectivity index is 1.84. The molecular formula is C19H24N6O2S. The Hall–Kier alpha value is -2.94. The van der Waals surface area contributed by atoms with Gasteiger partial charge in [0, 0.05) is 24.5 Å².